The van der Waals surface area contributed by atoms with Crippen molar-refractivity contribution in [3.05, 3.63) is 0 Å². The van der Waals surface area contributed by atoms with Gasteiger partial charge in [0.05, 0.1) is 5.66 Å². The van der Waals surface area contributed by atoms with Gasteiger partial charge < -0.3 is 16.4 Å². The van der Waals surface area contributed by atoms with Crippen LogP contribution in [0.3, 0.4) is 0 Å². The fourth-order valence-corrected chi connectivity index (χ4v) is 1.31. The van der Waals surface area contributed by atoms with Crippen LogP contribution in [0, 0.1) is 0 Å². The minimum Gasteiger partial charge on any atom is -0.330 e. The molecule has 0 unspecified atom stereocenters. The predicted molar refractivity (Wildman–Crippen MR) is 49.4 cm³/mol. The van der Waals surface area contributed by atoms with E-state index in [-0.39, 0.29) is 5.66 Å². The average Bonchev–Trinajstić information content (AvgIpc) is 2.08. The van der Waals surface area contributed by atoms with Crippen molar-refractivity contribution in [2.24, 2.45) is 5.73 Å². The zero-order valence-corrected chi connectivity index (χ0v) is 7.91. The second kappa shape index (κ2) is 5.52. The van der Waals surface area contributed by atoms with Crippen LogP contribution in [0.2, 0.25) is 0 Å². The number of hydrogen-bond donors (Lipinski definition) is 3. The second-order valence-electron chi connectivity index (χ2n) is 2.83. The number of nitrogens with two attached hydrogens (primary N) is 1. The number of hydrogen-bond acceptors (Lipinski definition) is 3. The highest BCUT2D eigenvalue weighted by Crippen LogP contribution is 2.11. The van der Waals surface area contributed by atoms with Gasteiger partial charge in [0.15, 0.2) is 0 Å². The molecule has 0 radical (unpaired) electrons. The Kier molecular flexibility index (Phi) is 5.46. The first kappa shape index (κ1) is 10.9. The van der Waals surface area contributed by atoms with Crippen molar-refractivity contribution >= 4 is 0 Å². The van der Waals surface area contributed by atoms with Crippen LogP contribution in [-0.4, -0.2) is 26.3 Å². The monoisotopic (exact) mass is 159 g/mol. The van der Waals surface area contributed by atoms with E-state index in [1.165, 1.54) is 0 Å². The molecule has 0 aliphatic heterocycles. The summed E-state index contributed by atoms with van der Waals surface area (Å²) in [6, 6.07) is 0. The summed E-state index contributed by atoms with van der Waals surface area (Å²) in [5, 5.41) is 6.57. The van der Waals surface area contributed by atoms with Crippen molar-refractivity contribution < 1.29 is 0 Å². The molecule has 0 spiro atoms. The van der Waals surface area contributed by atoms with E-state index in [9.17, 15) is 0 Å². The van der Waals surface area contributed by atoms with Crippen LogP contribution in [-0.2, 0) is 0 Å². The molecule has 0 aliphatic carbocycles. The average molecular weight is 159 g/mol. The van der Waals surface area contributed by atoms with E-state index in [2.05, 4.69) is 17.6 Å². The lowest BCUT2D eigenvalue weighted by Gasteiger charge is -2.32. The van der Waals surface area contributed by atoms with Crippen LogP contribution in [0.25, 0.3) is 0 Å². The fraction of sp³-hybridized carbons (Fsp3) is 1.00. The Bertz CT molecular complexity index is 81.1. The van der Waals surface area contributed by atoms with Gasteiger partial charge in [0.2, 0.25) is 0 Å². The molecule has 3 nitrogen and oxygen atoms in total. The van der Waals surface area contributed by atoms with E-state index in [0.717, 1.165) is 25.8 Å². The Morgan fingerprint density at radius 1 is 1.27 bits per heavy atom. The summed E-state index contributed by atoms with van der Waals surface area (Å²) in [5.41, 5.74) is 5.54. The number of nitrogens with one attached hydrogen (secondary N) is 2. The van der Waals surface area contributed by atoms with E-state index in [0.29, 0.717) is 0 Å². The summed E-state index contributed by atoms with van der Waals surface area (Å²) in [6.45, 7) is 2.94. The summed E-state index contributed by atoms with van der Waals surface area (Å²) < 4.78 is 0. The van der Waals surface area contributed by atoms with Crippen molar-refractivity contribution in [3.63, 3.8) is 0 Å². The molecule has 0 fully saturated rings. The van der Waals surface area contributed by atoms with Crippen LogP contribution in [0.15, 0.2) is 0 Å². The molecule has 0 aromatic heterocycles. The highest BCUT2D eigenvalue weighted by atomic mass is 15.2. The van der Waals surface area contributed by atoms with Gasteiger partial charge in [0.25, 0.3) is 0 Å². The molecular weight excluding hydrogens is 138 g/mol. The van der Waals surface area contributed by atoms with Crippen molar-refractivity contribution in [2.45, 2.75) is 31.8 Å². The highest BCUT2D eigenvalue weighted by Gasteiger charge is 2.21. The van der Waals surface area contributed by atoms with Crippen LogP contribution in [0.1, 0.15) is 26.2 Å². The summed E-state index contributed by atoms with van der Waals surface area (Å²) in [7, 11) is 3.97. The SMILES string of the molecule is CCC(CCCN)(NC)NC. The van der Waals surface area contributed by atoms with Gasteiger partial charge in [-0.2, -0.15) is 0 Å². The van der Waals surface area contributed by atoms with E-state index < -0.39 is 0 Å². The van der Waals surface area contributed by atoms with Gasteiger partial charge >= 0.3 is 0 Å². The van der Waals surface area contributed by atoms with Gasteiger partial charge in [-0.15, -0.1) is 0 Å². The molecule has 0 heterocycles. The summed E-state index contributed by atoms with van der Waals surface area (Å²) in [4.78, 5) is 0. The summed E-state index contributed by atoms with van der Waals surface area (Å²) in [6.07, 6.45) is 3.24. The van der Waals surface area contributed by atoms with E-state index >= 15 is 0 Å². The minimum absolute atomic E-state index is 0.0966. The first-order valence-electron chi connectivity index (χ1n) is 4.32. The quantitative estimate of drug-likeness (QED) is 0.488. The van der Waals surface area contributed by atoms with Crippen LogP contribution >= 0.6 is 0 Å². The summed E-state index contributed by atoms with van der Waals surface area (Å²) in [5.74, 6) is 0. The van der Waals surface area contributed by atoms with E-state index in [1.54, 1.807) is 0 Å². The van der Waals surface area contributed by atoms with Gasteiger partial charge in [-0.05, 0) is 39.9 Å². The van der Waals surface area contributed by atoms with Crippen molar-refractivity contribution in [1.29, 1.82) is 0 Å². The molecule has 0 aliphatic rings. The minimum atomic E-state index is 0.0966. The first-order valence-corrected chi connectivity index (χ1v) is 4.32. The maximum Gasteiger partial charge on any atom is 0.0680 e. The topological polar surface area (TPSA) is 50.1 Å². The predicted octanol–water partition coefficient (Wildman–Crippen LogP) is 0.270. The third-order valence-corrected chi connectivity index (χ3v) is 2.37. The lowest BCUT2D eigenvalue weighted by atomic mass is 10.0. The molecule has 0 saturated heterocycles. The van der Waals surface area contributed by atoms with Crippen molar-refractivity contribution in [2.75, 3.05) is 20.6 Å². The molecule has 11 heavy (non-hydrogen) atoms. The third kappa shape index (κ3) is 3.18. The molecule has 3 heteroatoms. The third-order valence-electron chi connectivity index (χ3n) is 2.37. The maximum absolute atomic E-state index is 5.44. The maximum atomic E-state index is 5.44. The largest absolute Gasteiger partial charge is 0.330 e. The van der Waals surface area contributed by atoms with Gasteiger partial charge in [0.1, 0.15) is 0 Å². The van der Waals surface area contributed by atoms with Crippen LogP contribution in [0.4, 0.5) is 0 Å². The lowest BCUT2D eigenvalue weighted by Crippen LogP contribution is -2.53. The van der Waals surface area contributed by atoms with Gasteiger partial charge in [-0.3, -0.25) is 0 Å². The molecule has 4 N–H and O–H groups in total. The molecule has 0 aromatic rings. The van der Waals surface area contributed by atoms with Gasteiger partial charge in [0, 0.05) is 0 Å². The second-order valence-corrected chi connectivity index (χ2v) is 2.83. The fourth-order valence-electron chi connectivity index (χ4n) is 1.31. The molecule has 68 valence electrons. The molecular formula is C8H21N3. The number of rotatable bonds is 6. The van der Waals surface area contributed by atoms with Crippen molar-refractivity contribution in [3.8, 4) is 0 Å². The van der Waals surface area contributed by atoms with Gasteiger partial charge in [-0.1, -0.05) is 6.92 Å². The zero-order chi connectivity index (χ0) is 8.74. The molecule has 0 aromatic carbocycles. The molecule has 0 amide bonds. The Balaban J connectivity index is 3.84. The van der Waals surface area contributed by atoms with Gasteiger partial charge in [-0.25, -0.2) is 0 Å². The van der Waals surface area contributed by atoms with Crippen LogP contribution in [0.5, 0.6) is 0 Å². The molecule has 0 bridgehead atoms. The zero-order valence-electron chi connectivity index (χ0n) is 7.91. The van der Waals surface area contributed by atoms with Crippen LogP contribution < -0.4 is 16.4 Å². The summed E-state index contributed by atoms with van der Waals surface area (Å²) >= 11 is 0. The Hall–Kier alpha value is -0.120. The lowest BCUT2D eigenvalue weighted by molar-refractivity contribution is 0.259. The molecule has 0 rings (SSSR count). The normalized spacial score (nSPS) is 12.0. The van der Waals surface area contributed by atoms with E-state index in [4.69, 9.17) is 5.73 Å². The van der Waals surface area contributed by atoms with E-state index in [1.807, 2.05) is 14.1 Å². The smallest absolute Gasteiger partial charge is 0.0680 e. The highest BCUT2D eigenvalue weighted by molar-refractivity contribution is 4.80. The standard InChI is InChI=1S/C8H21N3/c1-4-8(10-2,11-3)6-5-7-9/h10-11H,4-7,9H2,1-3H3. The first-order chi connectivity index (χ1) is 5.24. The Morgan fingerprint density at radius 3 is 2.09 bits per heavy atom. The Morgan fingerprint density at radius 2 is 1.82 bits per heavy atom. The Labute approximate surface area is 69.7 Å². The molecule has 0 atom stereocenters. The molecule has 0 saturated carbocycles. The van der Waals surface area contributed by atoms with Crippen molar-refractivity contribution in [1.82, 2.24) is 10.6 Å².